The van der Waals surface area contributed by atoms with Crippen LogP contribution in [0.3, 0.4) is 0 Å². The smallest absolute Gasteiger partial charge is 0.0771 e. The Hall–Kier alpha value is -0.120. The summed E-state index contributed by atoms with van der Waals surface area (Å²) in [6, 6.07) is 0.637. The maximum absolute atomic E-state index is 10.7. The maximum Gasteiger partial charge on any atom is 0.0771 e. The molecule has 116 valence electrons. The number of likely N-dealkylation sites (tertiary alicyclic amines) is 1. The molecule has 2 aliphatic carbocycles. The molecule has 0 amide bonds. The van der Waals surface area contributed by atoms with E-state index in [2.05, 4.69) is 10.2 Å². The van der Waals surface area contributed by atoms with Crippen LogP contribution in [-0.4, -0.2) is 47.8 Å². The van der Waals surface area contributed by atoms with Gasteiger partial charge in [0, 0.05) is 19.1 Å². The van der Waals surface area contributed by atoms with Crippen molar-refractivity contribution in [3.63, 3.8) is 0 Å². The van der Waals surface area contributed by atoms with Crippen molar-refractivity contribution in [3.05, 3.63) is 0 Å². The molecule has 3 aliphatic rings. The summed E-state index contributed by atoms with van der Waals surface area (Å²) in [6.07, 6.45) is 12.5. The van der Waals surface area contributed by atoms with Gasteiger partial charge < -0.3 is 15.3 Å². The van der Waals surface area contributed by atoms with Crippen molar-refractivity contribution < 1.29 is 5.11 Å². The van der Waals surface area contributed by atoms with Crippen LogP contribution in [0.1, 0.15) is 64.2 Å². The number of aliphatic hydroxyl groups is 1. The minimum absolute atomic E-state index is 0.415. The van der Waals surface area contributed by atoms with E-state index in [0.717, 1.165) is 25.3 Å². The Labute approximate surface area is 124 Å². The van der Waals surface area contributed by atoms with Crippen LogP contribution in [0.15, 0.2) is 0 Å². The summed E-state index contributed by atoms with van der Waals surface area (Å²) in [4.78, 5) is 2.65. The maximum atomic E-state index is 10.7. The molecule has 0 atom stereocenters. The third kappa shape index (κ3) is 4.44. The predicted molar refractivity (Wildman–Crippen MR) is 82.8 cm³/mol. The van der Waals surface area contributed by atoms with E-state index in [1.54, 1.807) is 0 Å². The van der Waals surface area contributed by atoms with Crippen LogP contribution in [0.4, 0.5) is 0 Å². The van der Waals surface area contributed by atoms with Crippen LogP contribution in [0.5, 0.6) is 0 Å². The summed E-state index contributed by atoms with van der Waals surface area (Å²) in [5.74, 6) is 1.02. The molecule has 0 aromatic carbocycles. The first-order valence-corrected chi connectivity index (χ1v) is 8.92. The summed E-state index contributed by atoms with van der Waals surface area (Å²) >= 11 is 0. The van der Waals surface area contributed by atoms with E-state index in [0.29, 0.717) is 6.04 Å². The minimum Gasteiger partial charge on any atom is -0.389 e. The highest BCUT2D eigenvalue weighted by Crippen LogP contribution is 2.31. The quantitative estimate of drug-likeness (QED) is 0.760. The molecular weight excluding hydrogens is 248 g/mol. The first kappa shape index (κ1) is 14.8. The van der Waals surface area contributed by atoms with Crippen LogP contribution in [0.25, 0.3) is 0 Å². The van der Waals surface area contributed by atoms with Crippen molar-refractivity contribution >= 4 is 0 Å². The Morgan fingerprint density at radius 2 is 1.60 bits per heavy atom. The first-order valence-electron chi connectivity index (χ1n) is 8.92. The van der Waals surface area contributed by atoms with Gasteiger partial charge in [0.05, 0.1) is 5.60 Å². The van der Waals surface area contributed by atoms with Gasteiger partial charge in [-0.25, -0.2) is 0 Å². The zero-order valence-electron chi connectivity index (χ0n) is 12.9. The van der Waals surface area contributed by atoms with Crippen LogP contribution >= 0.6 is 0 Å². The molecule has 3 rings (SSSR count). The van der Waals surface area contributed by atoms with Crippen molar-refractivity contribution in [2.45, 2.75) is 75.9 Å². The second kappa shape index (κ2) is 6.76. The molecule has 1 heterocycles. The molecule has 0 radical (unpaired) electrons. The molecule has 3 heteroatoms. The van der Waals surface area contributed by atoms with Gasteiger partial charge >= 0.3 is 0 Å². The molecule has 2 N–H and O–H groups in total. The fourth-order valence-electron chi connectivity index (χ4n) is 3.88. The molecule has 3 nitrogen and oxygen atoms in total. The van der Waals surface area contributed by atoms with Gasteiger partial charge in [0.15, 0.2) is 0 Å². The van der Waals surface area contributed by atoms with Gasteiger partial charge in [0.25, 0.3) is 0 Å². The Morgan fingerprint density at radius 1 is 0.950 bits per heavy atom. The third-order valence-electron chi connectivity index (χ3n) is 5.55. The summed E-state index contributed by atoms with van der Waals surface area (Å²) in [7, 11) is 0. The third-order valence-corrected chi connectivity index (χ3v) is 5.55. The van der Waals surface area contributed by atoms with Gasteiger partial charge in [-0.05, 0) is 57.5 Å². The summed E-state index contributed by atoms with van der Waals surface area (Å²) in [5, 5.41) is 14.4. The number of piperidine rings is 1. The molecule has 0 aromatic rings. The summed E-state index contributed by atoms with van der Waals surface area (Å²) < 4.78 is 0. The molecule has 20 heavy (non-hydrogen) atoms. The van der Waals surface area contributed by atoms with E-state index in [4.69, 9.17) is 0 Å². The minimum atomic E-state index is -0.415. The summed E-state index contributed by atoms with van der Waals surface area (Å²) in [6.45, 7) is 4.68. The zero-order valence-corrected chi connectivity index (χ0v) is 12.9. The lowest BCUT2D eigenvalue weighted by Crippen LogP contribution is -2.48. The normalized spacial score (nSPS) is 29.2. The van der Waals surface area contributed by atoms with E-state index in [-0.39, 0.29) is 0 Å². The Balaban J connectivity index is 1.36. The lowest BCUT2D eigenvalue weighted by Gasteiger charge is -2.35. The predicted octanol–water partition coefficient (Wildman–Crippen LogP) is 2.54. The van der Waals surface area contributed by atoms with Crippen molar-refractivity contribution in [1.82, 2.24) is 10.2 Å². The fourth-order valence-corrected chi connectivity index (χ4v) is 3.88. The highest BCUT2D eigenvalue weighted by molar-refractivity contribution is 4.87. The van der Waals surface area contributed by atoms with Gasteiger partial charge in [0.2, 0.25) is 0 Å². The van der Waals surface area contributed by atoms with Gasteiger partial charge in [0.1, 0.15) is 0 Å². The topological polar surface area (TPSA) is 35.5 Å². The van der Waals surface area contributed by atoms with Crippen molar-refractivity contribution in [3.8, 4) is 0 Å². The molecule has 1 saturated heterocycles. The molecule has 0 bridgehead atoms. The highest BCUT2D eigenvalue weighted by atomic mass is 16.3. The lowest BCUT2D eigenvalue weighted by atomic mass is 9.93. The molecule has 2 saturated carbocycles. The Kier molecular flexibility index (Phi) is 5.00. The van der Waals surface area contributed by atoms with Gasteiger partial charge in [-0.15, -0.1) is 0 Å². The summed E-state index contributed by atoms with van der Waals surface area (Å²) in [5.41, 5.74) is -0.415. The van der Waals surface area contributed by atoms with Crippen LogP contribution in [0.2, 0.25) is 0 Å². The van der Waals surface area contributed by atoms with Crippen molar-refractivity contribution in [2.75, 3.05) is 26.2 Å². The number of hydrogen-bond acceptors (Lipinski definition) is 3. The number of rotatable bonds is 5. The highest BCUT2D eigenvalue weighted by Gasteiger charge is 2.30. The van der Waals surface area contributed by atoms with E-state index in [9.17, 15) is 5.11 Å². The molecule has 0 aromatic heterocycles. The Morgan fingerprint density at radius 3 is 2.20 bits per heavy atom. The van der Waals surface area contributed by atoms with E-state index in [1.165, 1.54) is 71.0 Å². The van der Waals surface area contributed by atoms with Crippen LogP contribution in [-0.2, 0) is 0 Å². The molecule has 1 aliphatic heterocycles. The fraction of sp³-hybridized carbons (Fsp3) is 1.00. The Bertz CT molecular complexity index is 287. The van der Waals surface area contributed by atoms with Crippen LogP contribution < -0.4 is 5.32 Å². The SMILES string of the molecule is OC1(CNC2CCN(CC3CC3)CC2)CCCCCC1. The number of hydrogen-bond donors (Lipinski definition) is 2. The average Bonchev–Trinajstić information content (AvgIpc) is 3.27. The second-order valence-electron chi connectivity index (χ2n) is 7.54. The second-order valence-corrected chi connectivity index (χ2v) is 7.54. The molecule has 0 unspecified atom stereocenters. The number of nitrogens with zero attached hydrogens (tertiary/aromatic N) is 1. The standard InChI is InChI=1S/C17H32N2O/c20-17(9-3-1-2-4-10-17)14-18-16-7-11-19(12-8-16)13-15-5-6-15/h15-16,18,20H,1-14H2. The van der Waals surface area contributed by atoms with Gasteiger partial charge in [-0.3, -0.25) is 0 Å². The van der Waals surface area contributed by atoms with E-state index < -0.39 is 5.60 Å². The molecule has 0 spiro atoms. The van der Waals surface area contributed by atoms with Crippen molar-refractivity contribution in [2.24, 2.45) is 5.92 Å². The van der Waals surface area contributed by atoms with Gasteiger partial charge in [-0.1, -0.05) is 25.7 Å². The van der Waals surface area contributed by atoms with E-state index >= 15 is 0 Å². The van der Waals surface area contributed by atoms with Crippen molar-refractivity contribution in [1.29, 1.82) is 0 Å². The van der Waals surface area contributed by atoms with Crippen LogP contribution in [0, 0.1) is 5.92 Å². The zero-order chi connectivity index (χ0) is 13.8. The largest absolute Gasteiger partial charge is 0.389 e. The monoisotopic (exact) mass is 280 g/mol. The molecule has 3 fully saturated rings. The average molecular weight is 280 g/mol. The first-order chi connectivity index (χ1) is 9.73. The molecular formula is C17H32N2O. The van der Waals surface area contributed by atoms with E-state index in [1.807, 2.05) is 0 Å². The number of nitrogens with one attached hydrogen (secondary N) is 1. The van der Waals surface area contributed by atoms with Gasteiger partial charge in [-0.2, -0.15) is 0 Å². The lowest BCUT2D eigenvalue weighted by molar-refractivity contribution is 0.0202.